The van der Waals surface area contributed by atoms with Crippen LogP contribution in [0.3, 0.4) is 0 Å². The molecule has 4 nitrogen and oxygen atoms in total. The van der Waals surface area contributed by atoms with E-state index in [0.29, 0.717) is 12.2 Å². The highest BCUT2D eigenvalue weighted by atomic mass is 16.5. The maximum Gasteiger partial charge on any atom is 0.337 e. The van der Waals surface area contributed by atoms with Crippen LogP contribution in [0.2, 0.25) is 0 Å². The molecule has 0 aromatic heterocycles. The number of carbonyl (C=O) groups excluding carboxylic acids is 1. The molecule has 2 aromatic rings. The third-order valence-corrected chi connectivity index (χ3v) is 5.42. The molecule has 4 heteroatoms. The normalized spacial score (nSPS) is 13.8. The second-order valence-corrected chi connectivity index (χ2v) is 9.81. The lowest BCUT2D eigenvalue weighted by molar-refractivity contribution is 0.0600. The van der Waals surface area contributed by atoms with Crippen LogP contribution in [0.5, 0.6) is 11.5 Å². The number of esters is 1. The Kier molecular flexibility index (Phi) is 5.72. The van der Waals surface area contributed by atoms with Crippen LogP contribution in [-0.4, -0.2) is 26.8 Å². The lowest BCUT2D eigenvalue weighted by Crippen LogP contribution is -2.20. The van der Waals surface area contributed by atoms with Gasteiger partial charge in [-0.3, -0.25) is 0 Å². The standard InChI is InChI=1S/C26H32O4/c1-25(2,3)20-13-17(14-21(23(20)28-7)26(4,5)6)19-12-18-11-16(24(27)29-8)9-10-22(18)30-15-19/h9-14H,15H2,1-8H3. The predicted octanol–water partition coefficient (Wildman–Crippen LogP) is 6.01. The van der Waals surface area contributed by atoms with Crippen molar-refractivity contribution in [2.24, 2.45) is 0 Å². The van der Waals surface area contributed by atoms with Crippen molar-refractivity contribution in [3.63, 3.8) is 0 Å². The number of ether oxygens (including phenoxy) is 3. The summed E-state index contributed by atoms with van der Waals surface area (Å²) >= 11 is 0. The number of rotatable bonds is 3. The molecular weight excluding hydrogens is 376 g/mol. The third-order valence-electron chi connectivity index (χ3n) is 5.42. The first-order valence-electron chi connectivity index (χ1n) is 10.2. The molecule has 0 amide bonds. The lowest BCUT2D eigenvalue weighted by Gasteiger charge is -2.30. The first kappa shape index (κ1) is 21.9. The molecule has 0 saturated heterocycles. The molecule has 3 rings (SSSR count). The fourth-order valence-electron chi connectivity index (χ4n) is 3.74. The van der Waals surface area contributed by atoms with Gasteiger partial charge in [-0.25, -0.2) is 4.79 Å². The Hall–Kier alpha value is -2.75. The topological polar surface area (TPSA) is 44.8 Å². The number of hydrogen-bond acceptors (Lipinski definition) is 4. The molecule has 0 aliphatic carbocycles. The van der Waals surface area contributed by atoms with Gasteiger partial charge in [0.1, 0.15) is 18.1 Å². The van der Waals surface area contributed by atoms with E-state index in [4.69, 9.17) is 14.2 Å². The highest BCUT2D eigenvalue weighted by Crippen LogP contribution is 2.42. The monoisotopic (exact) mass is 408 g/mol. The fourth-order valence-corrected chi connectivity index (χ4v) is 3.74. The Labute approximate surface area is 179 Å². The van der Waals surface area contributed by atoms with Crippen LogP contribution in [-0.2, 0) is 15.6 Å². The summed E-state index contributed by atoms with van der Waals surface area (Å²) in [5.41, 5.74) is 5.76. The summed E-state index contributed by atoms with van der Waals surface area (Å²) in [5.74, 6) is 1.37. The van der Waals surface area contributed by atoms with Crippen molar-refractivity contribution in [2.75, 3.05) is 20.8 Å². The smallest absolute Gasteiger partial charge is 0.337 e. The molecule has 160 valence electrons. The second kappa shape index (κ2) is 7.82. The Morgan fingerprint density at radius 1 is 0.933 bits per heavy atom. The van der Waals surface area contributed by atoms with E-state index in [1.165, 1.54) is 18.2 Å². The molecule has 2 aromatic carbocycles. The molecule has 0 bridgehead atoms. The molecule has 0 saturated carbocycles. The zero-order valence-electron chi connectivity index (χ0n) is 19.3. The van der Waals surface area contributed by atoms with Gasteiger partial charge in [0.05, 0.1) is 19.8 Å². The van der Waals surface area contributed by atoms with Crippen molar-refractivity contribution in [1.29, 1.82) is 0 Å². The maximum atomic E-state index is 11.9. The minimum atomic E-state index is -0.354. The number of benzene rings is 2. The summed E-state index contributed by atoms with van der Waals surface area (Å²) in [5, 5.41) is 0. The summed E-state index contributed by atoms with van der Waals surface area (Å²) in [6.07, 6.45) is 2.10. The molecule has 1 heterocycles. The van der Waals surface area contributed by atoms with Crippen LogP contribution in [0.25, 0.3) is 11.6 Å². The van der Waals surface area contributed by atoms with E-state index in [1.807, 2.05) is 12.1 Å². The number of fused-ring (bicyclic) bond motifs is 1. The quantitative estimate of drug-likeness (QED) is 0.584. The zero-order valence-corrected chi connectivity index (χ0v) is 19.3. The SMILES string of the molecule is COC(=O)c1ccc2c(c1)C=C(c1cc(C(C)(C)C)c(OC)c(C(C)(C)C)c1)CO2. The van der Waals surface area contributed by atoms with Crippen molar-refractivity contribution in [2.45, 2.75) is 52.4 Å². The summed E-state index contributed by atoms with van der Waals surface area (Å²) in [6, 6.07) is 9.78. The molecular formula is C26H32O4. The highest BCUT2D eigenvalue weighted by molar-refractivity contribution is 5.93. The van der Waals surface area contributed by atoms with E-state index in [1.54, 1.807) is 13.2 Å². The molecule has 0 spiro atoms. The van der Waals surface area contributed by atoms with Gasteiger partial charge < -0.3 is 14.2 Å². The minimum absolute atomic E-state index is 0.0760. The molecule has 1 aliphatic heterocycles. The summed E-state index contributed by atoms with van der Waals surface area (Å²) in [6.45, 7) is 13.7. The van der Waals surface area contributed by atoms with Crippen LogP contribution in [0.1, 0.15) is 74.2 Å². The Bertz CT molecular complexity index is 966. The van der Waals surface area contributed by atoms with Crippen molar-refractivity contribution in [1.82, 2.24) is 0 Å². The predicted molar refractivity (Wildman–Crippen MR) is 122 cm³/mol. The third kappa shape index (κ3) is 4.23. The fraction of sp³-hybridized carbons (Fsp3) is 0.423. The van der Waals surface area contributed by atoms with Crippen LogP contribution in [0.15, 0.2) is 30.3 Å². The lowest BCUT2D eigenvalue weighted by atomic mass is 9.77. The van der Waals surface area contributed by atoms with Gasteiger partial charge in [0.25, 0.3) is 0 Å². The maximum absolute atomic E-state index is 11.9. The van der Waals surface area contributed by atoms with Crippen LogP contribution < -0.4 is 9.47 Å². The zero-order chi connectivity index (χ0) is 22.3. The average Bonchev–Trinajstić information content (AvgIpc) is 2.69. The number of hydrogen-bond donors (Lipinski definition) is 0. The molecule has 1 aliphatic rings. The van der Waals surface area contributed by atoms with Crippen molar-refractivity contribution in [3.05, 3.63) is 58.1 Å². The molecule has 0 atom stereocenters. The first-order chi connectivity index (χ1) is 14.0. The highest BCUT2D eigenvalue weighted by Gasteiger charge is 2.28. The van der Waals surface area contributed by atoms with E-state index in [0.717, 1.165) is 28.2 Å². The number of methoxy groups -OCH3 is 2. The van der Waals surface area contributed by atoms with Gasteiger partial charge in [-0.1, -0.05) is 41.5 Å². The van der Waals surface area contributed by atoms with E-state index in [9.17, 15) is 4.79 Å². The first-order valence-corrected chi connectivity index (χ1v) is 10.2. The van der Waals surface area contributed by atoms with Crippen LogP contribution in [0, 0.1) is 0 Å². The molecule has 0 unspecified atom stereocenters. The van der Waals surface area contributed by atoms with E-state index in [-0.39, 0.29) is 16.8 Å². The van der Waals surface area contributed by atoms with Gasteiger partial charge in [-0.05, 0) is 58.4 Å². The summed E-state index contributed by atoms with van der Waals surface area (Å²) < 4.78 is 16.8. The van der Waals surface area contributed by atoms with E-state index in [2.05, 4.69) is 59.8 Å². The average molecular weight is 409 g/mol. The van der Waals surface area contributed by atoms with Gasteiger partial charge in [0.15, 0.2) is 0 Å². The number of carbonyl (C=O) groups is 1. The summed E-state index contributed by atoms with van der Waals surface area (Å²) in [4.78, 5) is 11.9. The molecule has 0 N–H and O–H groups in total. The van der Waals surface area contributed by atoms with Crippen LogP contribution in [0.4, 0.5) is 0 Å². The van der Waals surface area contributed by atoms with Crippen molar-refractivity contribution in [3.8, 4) is 11.5 Å². The van der Waals surface area contributed by atoms with Gasteiger partial charge in [0, 0.05) is 16.7 Å². The second-order valence-electron chi connectivity index (χ2n) is 9.81. The summed E-state index contributed by atoms with van der Waals surface area (Å²) in [7, 11) is 3.13. The van der Waals surface area contributed by atoms with Gasteiger partial charge in [-0.2, -0.15) is 0 Å². The Morgan fingerprint density at radius 3 is 2.03 bits per heavy atom. The Morgan fingerprint density at radius 2 is 1.53 bits per heavy atom. The van der Waals surface area contributed by atoms with Crippen molar-refractivity contribution < 1.29 is 19.0 Å². The van der Waals surface area contributed by atoms with Gasteiger partial charge >= 0.3 is 5.97 Å². The molecule has 0 fully saturated rings. The van der Waals surface area contributed by atoms with Gasteiger partial charge in [0.2, 0.25) is 0 Å². The Balaban J connectivity index is 2.19. The van der Waals surface area contributed by atoms with Gasteiger partial charge in [-0.15, -0.1) is 0 Å². The minimum Gasteiger partial charge on any atom is -0.496 e. The molecule has 30 heavy (non-hydrogen) atoms. The van der Waals surface area contributed by atoms with E-state index < -0.39 is 0 Å². The van der Waals surface area contributed by atoms with E-state index >= 15 is 0 Å². The van der Waals surface area contributed by atoms with Crippen LogP contribution >= 0.6 is 0 Å². The molecule has 0 radical (unpaired) electrons. The largest absolute Gasteiger partial charge is 0.496 e. The van der Waals surface area contributed by atoms with Crippen molar-refractivity contribution >= 4 is 17.6 Å².